The second-order valence-corrected chi connectivity index (χ2v) is 4.88. The average molecular weight is 275 g/mol. The Balaban J connectivity index is 2.36. The number of morpholine rings is 1. The summed E-state index contributed by atoms with van der Waals surface area (Å²) in [5.41, 5.74) is -0.693. The summed E-state index contributed by atoms with van der Waals surface area (Å²) in [4.78, 5) is 0. The van der Waals surface area contributed by atoms with Crippen LogP contribution in [0.2, 0.25) is 0 Å². The van der Waals surface area contributed by atoms with E-state index in [9.17, 15) is 18.3 Å². The van der Waals surface area contributed by atoms with Crippen LogP contribution in [0.15, 0.2) is 24.3 Å². The van der Waals surface area contributed by atoms with Crippen molar-refractivity contribution in [3.63, 3.8) is 0 Å². The fourth-order valence-corrected chi connectivity index (χ4v) is 2.22. The number of halogens is 3. The van der Waals surface area contributed by atoms with Crippen LogP contribution in [0.4, 0.5) is 13.2 Å². The molecule has 1 saturated heterocycles. The number of ether oxygens (including phenoxy) is 1. The van der Waals surface area contributed by atoms with Crippen LogP contribution in [0.5, 0.6) is 0 Å². The predicted octanol–water partition coefficient (Wildman–Crippen LogP) is 2.25. The van der Waals surface area contributed by atoms with E-state index in [0.29, 0.717) is 0 Å². The zero-order valence-electron chi connectivity index (χ0n) is 10.7. The maximum absolute atomic E-state index is 12.7. The highest BCUT2D eigenvalue weighted by Gasteiger charge is 2.42. The molecule has 0 aromatic heterocycles. The third-order valence-electron chi connectivity index (χ3n) is 3.28. The summed E-state index contributed by atoms with van der Waals surface area (Å²) < 4.78 is 43.4. The van der Waals surface area contributed by atoms with Crippen LogP contribution in [0.1, 0.15) is 25.0 Å². The molecule has 0 amide bonds. The number of hydrogen-bond donors (Lipinski definition) is 2. The normalized spacial score (nSPS) is 32.3. The molecule has 0 spiro atoms. The first-order valence-electron chi connectivity index (χ1n) is 6.03. The van der Waals surface area contributed by atoms with Gasteiger partial charge in [-0.2, -0.15) is 13.2 Å². The van der Waals surface area contributed by atoms with Crippen molar-refractivity contribution in [2.24, 2.45) is 0 Å². The van der Waals surface area contributed by atoms with Crippen LogP contribution >= 0.6 is 0 Å². The van der Waals surface area contributed by atoms with Gasteiger partial charge in [0, 0.05) is 11.6 Å². The van der Waals surface area contributed by atoms with Crippen molar-refractivity contribution < 1.29 is 23.0 Å². The fraction of sp³-hybridized carbons (Fsp3) is 0.538. The number of nitrogens with one attached hydrogen (secondary N) is 1. The quantitative estimate of drug-likeness (QED) is 0.826. The minimum absolute atomic E-state index is 0.0427. The highest BCUT2D eigenvalue weighted by molar-refractivity contribution is 5.30. The lowest BCUT2D eigenvalue weighted by Gasteiger charge is -2.41. The average Bonchev–Trinajstić information content (AvgIpc) is 2.33. The fourth-order valence-electron chi connectivity index (χ4n) is 2.22. The minimum atomic E-state index is -4.44. The van der Waals surface area contributed by atoms with E-state index in [4.69, 9.17) is 4.74 Å². The number of aliphatic hydroxyl groups is 1. The van der Waals surface area contributed by atoms with E-state index in [1.807, 2.05) is 6.92 Å². The Hall–Kier alpha value is -1.11. The van der Waals surface area contributed by atoms with E-state index >= 15 is 0 Å². The maximum atomic E-state index is 12.7. The van der Waals surface area contributed by atoms with Gasteiger partial charge in [0.25, 0.3) is 0 Å². The van der Waals surface area contributed by atoms with Gasteiger partial charge in [-0.3, -0.25) is 0 Å². The van der Waals surface area contributed by atoms with Gasteiger partial charge in [0.05, 0.1) is 18.2 Å². The van der Waals surface area contributed by atoms with Crippen LogP contribution in [0, 0.1) is 0 Å². The molecule has 2 rings (SSSR count). The summed E-state index contributed by atoms with van der Waals surface area (Å²) in [7, 11) is 0. The molecule has 0 unspecified atom stereocenters. The van der Waals surface area contributed by atoms with Gasteiger partial charge in [0.15, 0.2) is 0 Å². The highest BCUT2D eigenvalue weighted by atomic mass is 19.4. The first-order chi connectivity index (χ1) is 8.73. The van der Waals surface area contributed by atoms with Gasteiger partial charge in [-0.25, -0.2) is 0 Å². The Morgan fingerprint density at radius 1 is 1.37 bits per heavy atom. The Morgan fingerprint density at radius 2 is 2.05 bits per heavy atom. The molecule has 3 atom stereocenters. The molecule has 3 nitrogen and oxygen atoms in total. The van der Waals surface area contributed by atoms with E-state index in [1.165, 1.54) is 12.1 Å². The van der Waals surface area contributed by atoms with Gasteiger partial charge in [0.2, 0.25) is 5.79 Å². The van der Waals surface area contributed by atoms with E-state index < -0.39 is 23.6 Å². The summed E-state index contributed by atoms with van der Waals surface area (Å²) in [6.45, 7) is 3.79. The topological polar surface area (TPSA) is 41.5 Å². The molecule has 1 aromatic rings. The molecule has 0 saturated carbocycles. The molecule has 0 aliphatic carbocycles. The van der Waals surface area contributed by atoms with Crippen molar-refractivity contribution >= 4 is 0 Å². The van der Waals surface area contributed by atoms with Crippen molar-refractivity contribution in [2.45, 2.75) is 37.9 Å². The number of hydrogen-bond acceptors (Lipinski definition) is 3. The molecule has 1 heterocycles. The maximum Gasteiger partial charge on any atom is 0.416 e. The second kappa shape index (κ2) is 4.77. The van der Waals surface area contributed by atoms with Gasteiger partial charge in [-0.15, -0.1) is 0 Å². The van der Waals surface area contributed by atoms with Crippen molar-refractivity contribution in [3.8, 4) is 0 Å². The van der Waals surface area contributed by atoms with Gasteiger partial charge in [-0.1, -0.05) is 12.1 Å². The highest BCUT2D eigenvalue weighted by Crippen LogP contribution is 2.35. The first-order valence-corrected chi connectivity index (χ1v) is 6.03. The first kappa shape index (κ1) is 14.3. The Bertz CT molecular complexity index is 463. The Kier molecular flexibility index (Phi) is 3.59. The standard InChI is InChI=1S/C13H16F3NO2/c1-8-7-19-12(18,9(2)17-8)10-4-3-5-11(6-10)13(14,15)16/h3-6,8-9,17-18H,7H2,1-2H3/t8-,9+,12-/m1/s1. The molecule has 106 valence electrons. The lowest BCUT2D eigenvalue weighted by molar-refractivity contribution is -0.253. The van der Waals surface area contributed by atoms with Crippen LogP contribution in [-0.2, 0) is 16.7 Å². The van der Waals surface area contributed by atoms with Crippen LogP contribution in [0.3, 0.4) is 0 Å². The van der Waals surface area contributed by atoms with E-state index in [1.54, 1.807) is 6.92 Å². The lowest BCUT2D eigenvalue weighted by Crippen LogP contribution is -2.58. The van der Waals surface area contributed by atoms with Crippen LogP contribution < -0.4 is 5.32 Å². The third-order valence-corrected chi connectivity index (χ3v) is 3.28. The molecular formula is C13H16F3NO2. The molecular weight excluding hydrogens is 259 g/mol. The molecule has 1 aliphatic rings. The SMILES string of the molecule is C[C@@H]1CO[C@@](O)(c2cccc(C(F)(F)F)c2)[C@H](C)N1. The summed E-state index contributed by atoms with van der Waals surface area (Å²) >= 11 is 0. The smallest absolute Gasteiger partial charge is 0.361 e. The van der Waals surface area contributed by atoms with E-state index in [0.717, 1.165) is 12.1 Å². The van der Waals surface area contributed by atoms with Crippen molar-refractivity contribution in [1.29, 1.82) is 0 Å². The summed E-state index contributed by atoms with van der Waals surface area (Å²) in [5.74, 6) is -1.74. The summed E-state index contributed by atoms with van der Waals surface area (Å²) in [6.07, 6.45) is -4.44. The van der Waals surface area contributed by atoms with Gasteiger partial charge >= 0.3 is 6.18 Å². The number of benzene rings is 1. The van der Waals surface area contributed by atoms with Gasteiger partial charge < -0.3 is 15.2 Å². The van der Waals surface area contributed by atoms with Crippen molar-refractivity contribution in [1.82, 2.24) is 5.32 Å². The summed E-state index contributed by atoms with van der Waals surface area (Å²) in [5, 5.41) is 13.5. The largest absolute Gasteiger partial charge is 0.416 e. The van der Waals surface area contributed by atoms with E-state index in [2.05, 4.69) is 5.32 Å². The molecule has 6 heteroatoms. The molecule has 1 aliphatic heterocycles. The zero-order chi connectivity index (χ0) is 14.3. The lowest BCUT2D eigenvalue weighted by atomic mass is 9.95. The van der Waals surface area contributed by atoms with E-state index in [-0.39, 0.29) is 18.2 Å². The van der Waals surface area contributed by atoms with Gasteiger partial charge in [-0.05, 0) is 26.0 Å². The van der Waals surface area contributed by atoms with Crippen LogP contribution in [0.25, 0.3) is 0 Å². The molecule has 0 bridgehead atoms. The molecule has 19 heavy (non-hydrogen) atoms. The summed E-state index contributed by atoms with van der Waals surface area (Å²) in [6, 6.07) is 4.14. The zero-order valence-corrected chi connectivity index (χ0v) is 10.7. The molecule has 1 fully saturated rings. The number of alkyl halides is 3. The number of rotatable bonds is 1. The van der Waals surface area contributed by atoms with Gasteiger partial charge in [0.1, 0.15) is 0 Å². The Morgan fingerprint density at radius 3 is 2.63 bits per heavy atom. The second-order valence-electron chi connectivity index (χ2n) is 4.88. The van der Waals surface area contributed by atoms with Crippen LogP contribution in [-0.4, -0.2) is 23.8 Å². The third kappa shape index (κ3) is 2.75. The molecule has 2 N–H and O–H groups in total. The monoisotopic (exact) mass is 275 g/mol. The predicted molar refractivity (Wildman–Crippen MR) is 63.4 cm³/mol. The minimum Gasteiger partial charge on any atom is -0.361 e. The molecule has 1 aromatic carbocycles. The van der Waals surface area contributed by atoms with Crippen molar-refractivity contribution in [3.05, 3.63) is 35.4 Å². The Labute approximate surface area is 109 Å². The molecule has 0 radical (unpaired) electrons. The van der Waals surface area contributed by atoms with Crippen molar-refractivity contribution in [2.75, 3.05) is 6.61 Å².